The van der Waals surface area contributed by atoms with Crippen LogP contribution >= 0.6 is 22.9 Å². The smallest absolute Gasteiger partial charge is 0.351 e. The number of carbonyl (C=O) groups excluding carboxylic acids is 1. The van der Waals surface area contributed by atoms with E-state index in [4.69, 9.17) is 16.3 Å². The Bertz CT molecular complexity index is 671. The highest BCUT2D eigenvalue weighted by molar-refractivity contribution is 7.18. The summed E-state index contributed by atoms with van der Waals surface area (Å²) >= 11 is 7.36. The Morgan fingerprint density at radius 3 is 3.00 bits per heavy atom. The minimum absolute atomic E-state index is 0.212. The van der Waals surface area contributed by atoms with E-state index in [2.05, 4.69) is 28.1 Å². The van der Waals surface area contributed by atoms with Gasteiger partial charge < -0.3 is 9.64 Å². The molecule has 0 saturated carbocycles. The molecule has 0 saturated heterocycles. The lowest BCUT2D eigenvalue weighted by Gasteiger charge is -2.21. The molecule has 0 fully saturated rings. The number of carbonyl (C=O) groups is 1. The fraction of sp³-hybridized carbons (Fsp3) is 0.333. The van der Waals surface area contributed by atoms with Gasteiger partial charge >= 0.3 is 5.97 Å². The molecule has 2 aromatic rings. The van der Waals surface area contributed by atoms with Crippen LogP contribution in [0.2, 0.25) is 5.15 Å². The van der Waals surface area contributed by atoms with Gasteiger partial charge in [-0.1, -0.05) is 41.1 Å². The van der Waals surface area contributed by atoms with Gasteiger partial charge in [0.15, 0.2) is 15.2 Å². The Hall–Kier alpha value is -1.59. The lowest BCUT2D eigenvalue weighted by Crippen LogP contribution is -2.17. The highest BCUT2D eigenvalue weighted by atomic mass is 35.5. The van der Waals surface area contributed by atoms with Gasteiger partial charge in [0.2, 0.25) is 0 Å². The number of rotatable bonds is 2. The summed E-state index contributed by atoms with van der Waals surface area (Å²) in [6, 6.07) is 8.31. The summed E-state index contributed by atoms with van der Waals surface area (Å²) in [5.41, 5.74) is 2.46. The van der Waals surface area contributed by atoms with Gasteiger partial charge in [-0.25, -0.2) is 9.78 Å². The van der Waals surface area contributed by atoms with E-state index >= 15 is 0 Å². The van der Waals surface area contributed by atoms with Gasteiger partial charge in [-0.15, -0.1) is 0 Å². The summed E-state index contributed by atoms with van der Waals surface area (Å²) in [5.74, 6) is -0.438. The Balaban J connectivity index is 2.02. The molecule has 4 nitrogen and oxygen atoms in total. The number of anilines is 2. The zero-order chi connectivity index (χ0) is 14.8. The van der Waals surface area contributed by atoms with Crippen molar-refractivity contribution in [1.29, 1.82) is 0 Å². The number of thiazole rings is 1. The Morgan fingerprint density at radius 2 is 2.19 bits per heavy atom. The van der Waals surface area contributed by atoms with Crippen molar-refractivity contribution in [2.45, 2.75) is 19.3 Å². The summed E-state index contributed by atoms with van der Waals surface area (Å²) in [7, 11) is 1.35. The molecule has 3 rings (SSSR count). The maximum Gasteiger partial charge on any atom is 0.351 e. The zero-order valence-corrected chi connectivity index (χ0v) is 13.2. The van der Waals surface area contributed by atoms with E-state index in [1.165, 1.54) is 24.0 Å². The number of aromatic nitrogens is 1. The summed E-state index contributed by atoms with van der Waals surface area (Å²) in [6.07, 6.45) is 3.30. The van der Waals surface area contributed by atoms with E-state index < -0.39 is 5.97 Å². The van der Waals surface area contributed by atoms with Gasteiger partial charge in [0.25, 0.3) is 0 Å². The number of esters is 1. The maximum atomic E-state index is 11.7. The predicted molar refractivity (Wildman–Crippen MR) is 84.8 cm³/mol. The van der Waals surface area contributed by atoms with Crippen LogP contribution < -0.4 is 4.90 Å². The summed E-state index contributed by atoms with van der Waals surface area (Å²) in [5, 5.41) is 0.957. The van der Waals surface area contributed by atoms with Gasteiger partial charge in [0.05, 0.1) is 7.11 Å². The highest BCUT2D eigenvalue weighted by Crippen LogP contribution is 2.37. The van der Waals surface area contributed by atoms with Crippen molar-refractivity contribution in [3.63, 3.8) is 0 Å². The van der Waals surface area contributed by atoms with Crippen LogP contribution in [0.15, 0.2) is 24.3 Å². The van der Waals surface area contributed by atoms with Crippen LogP contribution in [-0.2, 0) is 11.2 Å². The molecule has 2 heterocycles. The van der Waals surface area contributed by atoms with Crippen LogP contribution in [0.3, 0.4) is 0 Å². The number of nitrogens with zero attached hydrogens (tertiary/aromatic N) is 2. The van der Waals surface area contributed by atoms with Crippen molar-refractivity contribution in [1.82, 2.24) is 4.98 Å². The second-order valence-electron chi connectivity index (χ2n) is 4.85. The Labute approximate surface area is 132 Å². The third-order valence-electron chi connectivity index (χ3n) is 3.54. The molecule has 110 valence electrons. The molecular weight excluding hydrogens is 308 g/mol. The van der Waals surface area contributed by atoms with Crippen LogP contribution in [-0.4, -0.2) is 24.6 Å². The Kier molecular flexibility index (Phi) is 4.12. The first-order valence-electron chi connectivity index (χ1n) is 6.81. The van der Waals surface area contributed by atoms with Crippen molar-refractivity contribution >= 4 is 39.7 Å². The van der Waals surface area contributed by atoms with E-state index in [9.17, 15) is 4.79 Å². The topological polar surface area (TPSA) is 42.4 Å². The number of ether oxygens (including phenoxy) is 1. The number of halogens is 1. The largest absolute Gasteiger partial charge is 0.465 e. The van der Waals surface area contributed by atoms with Crippen LogP contribution in [0, 0.1) is 0 Å². The number of benzene rings is 1. The third-order valence-corrected chi connectivity index (χ3v) is 4.98. The first kappa shape index (κ1) is 14.4. The fourth-order valence-corrected chi connectivity index (χ4v) is 3.75. The van der Waals surface area contributed by atoms with E-state index in [-0.39, 0.29) is 5.15 Å². The van der Waals surface area contributed by atoms with Gasteiger partial charge in [0, 0.05) is 12.2 Å². The quantitative estimate of drug-likeness (QED) is 0.782. The summed E-state index contributed by atoms with van der Waals surface area (Å²) in [6.45, 7) is 0.876. The van der Waals surface area contributed by atoms with Crippen molar-refractivity contribution in [3.05, 3.63) is 39.9 Å². The number of methoxy groups -OCH3 is 1. The second-order valence-corrected chi connectivity index (χ2v) is 6.18. The number of hydrogen-bond acceptors (Lipinski definition) is 5. The molecule has 1 aliphatic rings. The SMILES string of the molecule is COC(=O)c1sc(N2CCCCc3ccccc32)nc1Cl. The molecule has 0 unspecified atom stereocenters. The second kappa shape index (κ2) is 6.03. The predicted octanol–water partition coefficient (Wildman–Crippen LogP) is 4.06. The standard InChI is InChI=1S/C15H15ClN2O2S/c1-20-14(19)12-13(16)17-15(21-12)18-9-5-4-7-10-6-2-3-8-11(10)18/h2-3,6,8H,4-5,7,9H2,1H3. The van der Waals surface area contributed by atoms with E-state index in [0.717, 1.165) is 36.6 Å². The number of hydrogen-bond donors (Lipinski definition) is 0. The van der Waals surface area contributed by atoms with Gasteiger partial charge in [-0.05, 0) is 30.9 Å². The molecule has 21 heavy (non-hydrogen) atoms. The molecule has 1 aromatic heterocycles. The van der Waals surface area contributed by atoms with Gasteiger partial charge in [0.1, 0.15) is 0 Å². The molecule has 6 heteroatoms. The molecule has 0 bridgehead atoms. The first-order valence-corrected chi connectivity index (χ1v) is 8.00. The van der Waals surface area contributed by atoms with E-state index in [0.29, 0.717) is 4.88 Å². The number of para-hydroxylation sites is 1. The van der Waals surface area contributed by atoms with Crippen molar-refractivity contribution < 1.29 is 9.53 Å². The summed E-state index contributed by atoms with van der Waals surface area (Å²) < 4.78 is 4.74. The monoisotopic (exact) mass is 322 g/mol. The Morgan fingerprint density at radius 1 is 1.38 bits per heavy atom. The minimum Gasteiger partial charge on any atom is -0.465 e. The van der Waals surface area contributed by atoms with Crippen molar-refractivity contribution in [2.75, 3.05) is 18.6 Å². The zero-order valence-electron chi connectivity index (χ0n) is 11.6. The third kappa shape index (κ3) is 2.76. The van der Waals surface area contributed by atoms with Crippen LogP contribution in [0.5, 0.6) is 0 Å². The lowest BCUT2D eigenvalue weighted by molar-refractivity contribution is 0.0606. The molecule has 0 atom stereocenters. The molecule has 0 amide bonds. The maximum absolute atomic E-state index is 11.7. The molecule has 0 N–H and O–H groups in total. The molecular formula is C15H15ClN2O2S. The van der Waals surface area contributed by atoms with Crippen LogP contribution in [0.25, 0.3) is 0 Å². The van der Waals surface area contributed by atoms with Crippen molar-refractivity contribution in [2.24, 2.45) is 0 Å². The summed E-state index contributed by atoms with van der Waals surface area (Å²) in [4.78, 5) is 18.5. The molecule has 0 radical (unpaired) electrons. The van der Waals surface area contributed by atoms with Gasteiger partial charge in [-0.3, -0.25) is 0 Å². The molecule has 0 spiro atoms. The van der Waals surface area contributed by atoms with Crippen LogP contribution in [0.4, 0.5) is 10.8 Å². The fourth-order valence-electron chi connectivity index (χ4n) is 2.52. The van der Waals surface area contributed by atoms with E-state index in [1.807, 2.05) is 6.07 Å². The average molecular weight is 323 g/mol. The number of aryl methyl sites for hydroxylation is 1. The first-order chi connectivity index (χ1) is 10.2. The normalized spacial score (nSPS) is 14.5. The minimum atomic E-state index is -0.438. The van der Waals surface area contributed by atoms with Crippen molar-refractivity contribution in [3.8, 4) is 0 Å². The average Bonchev–Trinajstić information content (AvgIpc) is 2.76. The van der Waals surface area contributed by atoms with Gasteiger partial charge in [-0.2, -0.15) is 0 Å². The molecule has 1 aliphatic heterocycles. The number of fused-ring (bicyclic) bond motifs is 1. The van der Waals surface area contributed by atoms with Crippen LogP contribution in [0.1, 0.15) is 28.1 Å². The van der Waals surface area contributed by atoms with E-state index in [1.54, 1.807) is 0 Å². The molecule has 1 aromatic carbocycles. The highest BCUT2D eigenvalue weighted by Gasteiger charge is 2.23. The molecule has 0 aliphatic carbocycles. The lowest BCUT2D eigenvalue weighted by atomic mass is 10.1.